The Bertz CT molecular complexity index is 635. The van der Waals surface area contributed by atoms with Crippen molar-refractivity contribution in [2.45, 2.75) is 26.7 Å². The summed E-state index contributed by atoms with van der Waals surface area (Å²) in [6.07, 6.45) is 0. The molecule has 0 unspecified atom stereocenters. The van der Waals surface area contributed by atoms with Gasteiger partial charge in [-0.25, -0.2) is 4.98 Å². The van der Waals surface area contributed by atoms with E-state index in [1.54, 1.807) is 7.11 Å². The number of aromatic amines is 1. The van der Waals surface area contributed by atoms with E-state index in [0.717, 1.165) is 28.4 Å². The van der Waals surface area contributed by atoms with Crippen LogP contribution in [0.2, 0.25) is 0 Å². The van der Waals surface area contributed by atoms with Crippen molar-refractivity contribution in [1.29, 1.82) is 5.26 Å². The number of nitriles is 1. The normalized spacial score (nSPS) is 10.5. The van der Waals surface area contributed by atoms with Gasteiger partial charge < -0.3 is 9.72 Å². The van der Waals surface area contributed by atoms with Crippen LogP contribution in [0.3, 0.4) is 0 Å². The van der Waals surface area contributed by atoms with Gasteiger partial charge in [-0.15, -0.1) is 0 Å². The maximum atomic E-state index is 8.95. The van der Waals surface area contributed by atoms with Crippen molar-refractivity contribution >= 4 is 0 Å². The molecule has 4 heteroatoms. The molecule has 1 aromatic heterocycles. The van der Waals surface area contributed by atoms with Crippen LogP contribution in [0.1, 0.15) is 36.7 Å². The van der Waals surface area contributed by atoms with Gasteiger partial charge in [0.15, 0.2) is 5.69 Å². The number of benzene rings is 1. The summed E-state index contributed by atoms with van der Waals surface area (Å²) in [5.41, 5.74) is 3.33. The predicted octanol–water partition coefficient (Wildman–Crippen LogP) is 3.39. The van der Waals surface area contributed by atoms with Crippen LogP contribution >= 0.6 is 0 Å². The first kappa shape index (κ1) is 13.2. The molecule has 0 saturated heterocycles. The maximum Gasteiger partial charge on any atom is 0.161 e. The standard InChI is InChI=1S/C15H17N3O/c1-9(2)12-7-11(5-6-14(12)19-4)15-17-10(3)13(8-16)18-15/h5-7,9H,1-4H3,(H,17,18). The molecule has 2 aromatic rings. The van der Waals surface area contributed by atoms with E-state index in [9.17, 15) is 0 Å². The fourth-order valence-electron chi connectivity index (χ4n) is 2.04. The highest BCUT2D eigenvalue weighted by Gasteiger charge is 2.12. The summed E-state index contributed by atoms with van der Waals surface area (Å²) in [5, 5.41) is 8.95. The van der Waals surface area contributed by atoms with Crippen molar-refractivity contribution in [3.63, 3.8) is 0 Å². The number of rotatable bonds is 3. The zero-order chi connectivity index (χ0) is 14.0. The first-order chi connectivity index (χ1) is 9.06. The molecule has 19 heavy (non-hydrogen) atoms. The van der Waals surface area contributed by atoms with Gasteiger partial charge in [0, 0.05) is 5.56 Å². The Morgan fingerprint density at radius 1 is 1.37 bits per heavy atom. The lowest BCUT2D eigenvalue weighted by Gasteiger charge is -2.12. The lowest BCUT2D eigenvalue weighted by Crippen LogP contribution is -1.95. The van der Waals surface area contributed by atoms with Crippen molar-refractivity contribution in [2.24, 2.45) is 0 Å². The Hall–Kier alpha value is -2.28. The quantitative estimate of drug-likeness (QED) is 0.914. The van der Waals surface area contributed by atoms with Crippen LogP contribution < -0.4 is 4.74 Å². The summed E-state index contributed by atoms with van der Waals surface area (Å²) in [6.45, 7) is 6.09. The number of imidazole rings is 1. The molecule has 98 valence electrons. The van der Waals surface area contributed by atoms with Gasteiger partial charge in [-0.1, -0.05) is 13.8 Å². The van der Waals surface area contributed by atoms with E-state index in [2.05, 4.69) is 36.0 Å². The summed E-state index contributed by atoms with van der Waals surface area (Å²) >= 11 is 0. The zero-order valence-corrected chi connectivity index (χ0v) is 11.6. The number of aryl methyl sites for hydroxylation is 1. The van der Waals surface area contributed by atoms with Gasteiger partial charge in [0.1, 0.15) is 17.6 Å². The van der Waals surface area contributed by atoms with Crippen LogP contribution in [0.4, 0.5) is 0 Å². The Morgan fingerprint density at radius 2 is 2.11 bits per heavy atom. The van der Waals surface area contributed by atoms with Crippen LogP contribution in [0.15, 0.2) is 18.2 Å². The molecule has 0 atom stereocenters. The molecule has 0 fully saturated rings. The van der Waals surface area contributed by atoms with Crippen molar-refractivity contribution in [3.8, 4) is 23.2 Å². The van der Waals surface area contributed by atoms with Crippen molar-refractivity contribution in [1.82, 2.24) is 9.97 Å². The highest BCUT2D eigenvalue weighted by molar-refractivity contribution is 5.60. The fourth-order valence-corrected chi connectivity index (χ4v) is 2.04. The highest BCUT2D eigenvalue weighted by atomic mass is 16.5. The van der Waals surface area contributed by atoms with Crippen molar-refractivity contribution < 1.29 is 4.74 Å². The molecule has 1 aromatic carbocycles. The van der Waals surface area contributed by atoms with Crippen molar-refractivity contribution in [3.05, 3.63) is 35.2 Å². The van der Waals surface area contributed by atoms with Crippen LogP contribution in [0, 0.1) is 18.3 Å². The monoisotopic (exact) mass is 255 g/mol. The van der Waals surface area contributed by atoms with E-state index in [0.29, 0.717) is 11.6 Å². The predicted molar refractivity (Wildman–Crippen MR) is 74.1 cm³/mol. The molecule has 0 aliphatic heterocycles. The molecular formula is C15H17N3O. The second-order valence-electron chi connectivity index (χ2n) is 4.78. The average Bonchev–Trinajstić information content (AvgIpc) is 2.79. The van der Waals surface area contributed by atoms with E-state index < -0.39 is 0 Å². The second kappa shape index (κ2) is 5.15. The van der Waals surface area contributed by atoms with E-state index >= 15 is 0 Å². The summed E-state index contributed by atoms with van der Waals surface area (Å²) < 4.78 is 5.36. The first-order valence-electron chi connectivity index (χ1n) is 6.21. The number of methoxy groups -OCH3 is 1. The smallest absolute Gasteiger partial charge is 0.161 e. The minimum Gasteiger partial charge on any atom is -0.496 e. The second-order valence-corrected chi connectivity index (χ2v) is 4.78. The van der Waals surface area contributed by atoms with E-state index in [4.69, 9.17) is 10.00 Å². The highest BCUT2D eigenvalue weighted by Crippen LogP contribution is 2.30. The third kappa shape index (κ3) is 2.45. The minimum atomic E-state index is 0.362. The van der Waals surface area contributed by atoms with Gasteiger partial charge in [0.2, 0.25) is 0 Å². The van der Waals surface area contributed by atoms with Crippen LogP contribution in [-0.4, -0.2) is 17.1 Å². The molecule has 2 rings (SSSR count). The third-order valence-corrected chi connectivity index (χ3v) is 3.12. The van der Waals surface area contributed by atoms with Crippen LogP contribution in [-0.2, 0) is 0 Å². The van der Waals surface area contributed by atoms with E-state index in [-0.39, 0.29) is 0 Å². The Labute approximate surface area is 113 Å². The van der Waals surface area contributed by atoms with Crippen molar-refractivity contribution in [2.75, 3.05) is 7.11 Å². The molecule has 1 N–H and O–H groups in total. The van der Waals surface area contributed by atoms with E-state index in [1.807, 2.05) is 19.1 Å². The molecule has 0 radical (unpaired) electrons. The number of nitrogens with one attached hydrogen (secondary N) is 1. The summed E-state index contributed by atoms with van der Waals surface area (Å²) in [6, 6.07) is 8.02. The van der Waals surface area contributed by atoms with E-state index in [1.165, 1.54) is 0 Å². The average molecular weight is 255 g/mol. The SMILES string of the molecule is COc1ccc(-c2nc(C#N)c(C)[nH]2)cc1C(C)C. The van der Waals surface area contributed by atoms with Crippen LogP contribution in [0.25, 0.3) is 11.4 Å². The maximum absolute atomic E-state index is 8.95. The summed E-state index contributed by atoms with van der Waals surface area (Å²) in [7, 11) is 1.67. The minimum absolute atomic E-state index is 0.362. The lowest BCUT2D eigenvalue weighted by atomic mass is 9.99. The number of nitrogens with zero attached hydrogens (tertiary/aromatic N) is 2. The van der Waals surface area contributed by atoms with Gasteiger partial charge in [0.05, 0.1) is 12.8 Å². The molecule has 4 nitrogen and oxygen atoms in total. The molecule has 0 aliphatic rings. The molecule has 0 saturated carbocycles. The molecular weight excluding hydrogens is 238 g/mol. The van der Waals surface area contributed by atoms with Gasteiger partial charge in [-0.05, 0) is 36.6 Å². The zero-order valence-electron chi connectivity index (χ0n) is 11.6. The Morgan fingerprint density at radius 3 is 2.63 bits per heavy atom. The lowest BCUT2D eigenvalue weighted by molar-refractivity contribution is 0.407. The topological polar surface area (TPSA) is 61.7 Å². The summed E-state index contributed by atoms with van der Waals surface area (Å²) in [4.78, 5) is 7.44. The largest absolute Gasteiger partial charge is 0.496 e. The molecule has 0 aliphatic carbocycles. The van der Waals surface area contributed by atoms with Gasteiger partial charge in [-0.3, -0.25) is 0 Å². The number of hydrogen-bond donors (Lipinski definition) is 1. The number of ether oxygens (including phenoxy) is 1. The van der Waals surface area contributed by atoms with Gasteiger partial charge in [0.25, 0.3) is 0 Å². The van der Waals surface area contributed by atoms with Crippen LogP contribution in [0.5, 0.6) is 5.75 Å². The Kier molecular flexibility index (Phi) is 3.57. The molecule has 0 spiro atoms. The molecule has 0 bridgehead atoms. The number of aromatic nitrogens is 2. The third-order valence-electron chi connectivity index (χ3n) is 3.12. The molecule has 0 amide bonds. The first-order valence-corrected chi connectivity index (χ1v) is 6.21. The van der Waals surface area contributed by atoms with Gasteiger partial charge >= 0.3 is 0 Å². The summed E-state index contributed by atoms with van der Waals surface area (Å²) in [5.74, 6) is 1.96. The molecule has 1 heterocycles. The fraction of sp³-hybridized carbons (Fsp3) is 0.333. The number of H-pyrrole nitrogens is 1. The van der Waals surface area contributed by atoms with Gasteiger partial charge in [-0.2, -0.15) is 5.26 Å². The number of hydrogen-bond acceptors (Lipinski definition) is 3. The Balaban J connectivity index is 2.51.